The van der Waals surface area contributed by atoms with Crippen molar-refractivity contribution in [3.05, 3.63) is 71.3 Å². The van der Waals surface area contributed by atoms with E-state index in [1.807, 2.05) is 46.2 Å². The van der Waals surface area contributed by atoms with Gasteiger partial charge in [-0.1, -0.05) is 55.4 Å². The smallest absolute Gasteiger partial charge is 0.193 e. The second-order valence-corrected chi connectivity index (χ2v) is 12.0. The van der Waals surface area contributed by atoms with Crippen molar-refractivity contribution in [3.63, 3.8) is 0 Å². The van der Waals surface area contributed by atoms with Crippen molar-refractivity contribution in [2.24, 2.45) is 0 Å². The molecular formula is C27H22Br2N6O3S2. The lowest BCUT2D eigenvalue weighted by atomic mass is 10.0. The minimum absolute atomic E-state index is 0.0903. The van der Waals surface area contributed by atoms with Crippen LogP contribution in [-0.4, -0.2) is 53.4 Å². The van der Waals surface area contributed by atoms with E-state index in [1.165, 1.54) is 23.5 Å². The molecule has 204 valence electrons. The molecule has 0 amide bonds. The highest BCUT2D eigenvalue weighted by Crippen LogP contribution is 2.48. The van der Waals surface area contributed by atoms with Gasteiger partial charge in [-0.3, -0.25) is 14.6 Å². The second kappa shape index (κ2) is 11.7. The van der Waals surface area contributed by atoms with Crippen LogP contribution >= 0.6 is 55.4 Å². The maximum Gasteiger partial charge on any atom is 0.193 e. The summed E-state index contributed by atoms with van der Waals surface area (Å²) in [5.41, 5.74) is 4.48. The largest absolute Gasteiger partial charge is 0.364 e. The lowest BCUT2D eigenvalue weighted by Gasteiger charge is -2.31. The molecule has 0 spiro atoms. The van der Waals surface area contributed by atoms with Crippen molar-refractivity contribution >= 4 is 84.2 Å². The van der Waals surface area contributed by atoms with Crippen LogP contribution < -0.4 is 9.80 Å². The summed E-state index contributed by atoms with van der Waals surface area (Å²) in [6.45, 7) is 0.551. The van der Waals surface area contributed by atoms with E-state index >= 15 is 0 Å². The van der Waals surface area contributed by atoms with Gasteiger partial charge < -0.3 is 9.47 Å². The zero-order valence-corrected chi connectivity index (χ0v) is 26.2. The van der Waals surface area contributed by atoms with E-state index in [4.69, 9.17) is 19.4 Å². The zero-order chi connectivity index (χ0) is 27.8. The fourth-order valence-electron chi connectivity index (χ4n) is 4.47. The fourth-order valence-corrected chi connectivity index (χ4v) is 6.95. The van der Waals surface area contributed by atoms with Crippen molar-refractivity contribution in [2.45, 2.75) is 30.5 Å². The normalized spacial score (nSPS) is 13.4. The molecule has 0 N–H and O–H groups in total. The van der Waals surface area contributed by atoms with Gasteiger partial charge in [0.2, 0.25) is 0 Å². The number of carbonyl (C=O) groups is 1. The van der Waals surface area contributed by atoms with Gasteiger partial charge in [-0.05, 0) is 36.4 Å². The summed E-state index contributed by atoms with van der Waals surface area (Å²) in [6.07, 6.45) is 3.53. The summed E-state index contributed by atoms with van der Waals surface area (Å²) >= 11 is 9.99. The number of carbonyl (C=O) groups excluding carboxylic acids is 1. The van der Waals surface area contributed by atoms with Crippen LogP contribution in [0.3, 0.4) is 0 Å². The number of ether oxygens (including phenoxy) is 2. The number of aromatic nitrogens is 4. The molecule has 0 atom stereocenters. The summed E-state index contributed by atoms with van der Waals surface area (Å²) in [7, 11) is 3.27. The molecule has 0 saturated carbocycles. The Morgan fingerprint density at radius 2 is 1.23 bits per heavy atom. The van der Waals surface area contributed by atoms with Crippen molar-refractivity contribution < 1.29 is 14.3 Å². The maximum atomic E-state index is 13.9. The number of alkyl halides is 2. The minimum atomic E-state index is -0.0903. The second-order valence-electron chi connectivity index (χ2n) is 8.84. The first-order chi connectivity index (χ1) is 19.5. The highest BCUT2D eigenvalue weighted by Gasteiger charge is 2.30. The highest BCUT2D eigenvalue weighted by molar-refractivity contribution is 9.08. The number of fused-ring (bicyclic) bond motifs is 4. The van der Waals surface area contributed by atoms with Gasteiger partial charge in [0.05, 0.1) is 35.2 Å². The Morgan fingerprint density at radius 1 is 0.775 bits per heavy atom. The van der Waals surface area contributed by atoms with E-state index in [2.05, 4.69) is 41.8 Å². The number of benzene rings is 2. The van der Waals surface area contributed by atoms with Crippen LogP contribution in [0.4, 0.5) is 23.0 Å². The molecule has 0 radical (unpaired) electrons. The van der Waals surface area contributed by atoms with Crippen LogP contribution in [0.5, 0.6) is 0 Å². The molecule has 9 nitrogen and oxygen atoms in total. The van der Waals surface area contributed by atoms with Gasteiger partial charge in [0.1, 0.15) is 23.5 Å². The molecule has 40 heavy (non-hydrogen) atoms. The third-order valence-corrected chi connectivity index (χ3v) is 9.52. The van der Waals surface area contributed by atoms with Crippen LogP contribution in [0, 0.1) is 0 Å². The molecule has 0 bridgehead atoms. The molecule has 0 aliphatic carbocycles. The number of hydrogen-bond acceptors (Lipinski definition) is 11. The first-order valence-electron chi connectivity index (χ1n) is 12.1. The SMILES string of the molecule is COCN1c2cc(C(=O)c3ccc4c(c3)N(COC)c3nc(CBr)cnc3S4)ccc2Sc2ncc(CBr)nc21. The quantitative estimate of drug-likeness (QED) is 0.145. The predicted octanol–water partition coefficient (Wildman–Crippen LogP) is 6.70. The third kappa shape index (κ3) is 5.03. The zero-order valence-electron chi connectivity index (χ0n) is 21.4. The molecule has 6 rings (SSSR count). The summed E-state index contributed by atoms with van der Waals surface area (Å²) in [5.74, 6) is 1.33. The molecule has 0 fully saturated rings. The molecule has 0 saturated heterocycles. The van der Waals surface area contributed by atoms with Crippen molar-refractivity contribution in [3.8, 4) is 0 Å². The number of rotatable bonds is 8. The average Bonchev–Trinajstić information content (AvgIpc) is 2.99. The first kappa shape index (κ1) is 27.6. The summed E-state index contributed by atoms with van der Waals surface area (Å²) in [5, 5.41) is 2.78. The Hall–Kier alpha value is -2.55. The molecule has 2 aliphatic rings. The summed E-state index contributed by atoms with van der Waals surface area (Å²) in [6, 6.07) is 11.4. The van der Waals surface area contributed by atoms with E-state index in [0.29, 0.717) is 33.4 Å². The Labute approximate surface area is 256 Å². The molecule has 4 heterocycles. The van der Waals surface area contributed by atoms with Gasteiger partial charge in [0.25, 0.3) is 0 Å². The van der Waals surface area contributed by atoms with E-state index in [9.17, 15) is 4.79 Å². The molecule has 13 heteroatoms. The summed E-state index contributed by atoms with van der Waals surface area (Å²) in [4.78, 5) is 38.4. The lowest BCUT2D eigenvalue weighted by Crippen LogP contribution is -2.26. The lowest BCUT2D eigenvalue weighted by molar-refractivity contribution is 0.103. The van der Waals surface area contributed by atoms with E-state index in [1.54, 1.807) is 26.6 Å². The third-order valence-electron chi connectivity index (χ3n) is 6.28. The number of hydrogen-bond donors (Lipinski definition) is 0. The molecule has 2 aromatic carbocycles. The number of methoxy groups -OCH3 is 2. The molecule has 2 aliphatic heterocycles. The monoisotopic (exact) mass is 700 g/mol. The Balaban J connectivity index is 1.37. The Bertz CT molecular complexity index is 1510. The van der Waals surface area contributed by atoms with Gasteiger partial charge in [0.15, 0.2) is 17.4 Å². The Morgan fingerprint density at radius 3 is 1.62 bits per heavy atom. The van der Waals surface area contributed by atoms with Crippen LogP contribution in [0.2, 0.25) is 0 Å². The van der Waals surface area contributed by atoms with Crippen molar-refractivity contribution in [1.29, 1.82) is 0 Å². The van der Waals surface area contributed by atoms with Crippen LogP contribution in [0.15, 0.2) is 68.6 Å². The standard InChI is InChI=1S/C27H22Br2N6O3S2/c1-37-13-34-19-7-15(3-5-21(19)39-26-24(34)32-17(9-28)11-30-26)23(36)16-4-6-22-20(8-16)35(14-38-2)25-27(40-22)31-12-18(10-29)33-25/h3-8,11-12H,9-10,13-14H2,1-2H3. The number of ketones is 1. The van der Waals surface area contributed by atoms with Gasteiger partial charge >= 0.3 is 0 Å². The number of anilines is 4. The average molecular weight is 702 g/mol. The highest BCUT2D eigenvalue weighted by atomic mass is 79.9. The van der Waals surface area contributed by atoms with E-state index in [-0.39, 0.29) is 19.2 Å². The molecular weight excluding hydrogens is 680 g/mol. The van der Waals surface area contributed by atoms with Crippen LogP contribution in [0.25, 0.3) is 0 Å². The number of nitrogens with zero attached hydrogens (tertiary/aromatic N) is 6. The van der Waals surface area contributed by atoms with Gasteiger partial charge in [-0.15, -0.1) is 0 Å². The maximum absolute atomic E-state index is 13.9. The Kier molecular flexibility index (Phi) is 8.11. The van der Waals surface area contributed by atoms with Crippen molar-refractivity contribution in [2.75, 3.05) is 37.5 Å². The predicted molar refractivity (Wildman–Crippen MR) is 162 cm³/mol. The topological polar surface area (TPSA) is 93.6 Å². The van der Waals surface area contributed by atoms with Crippen LogP contribution in [-0.2, 0) is 20.1 Å². The summed E-state index contributed by atoms with van der Waals surface area (Å²) < 4.78 is 11.0. The van der Waals surface area contributed by atoms with E-state index in [0.717, 1.165) is 42.6 Å². The minimum Gasteiger partial charge on any atom is -0.364 e. The van der Waals surface area contributed by atoms with E-state index < -0.39 is 0 Å². The number of halogens is 2. The van der Waals surface area contributed by atoms with Gasteiger partial charge in [-0.25, -0.2) is 19.9 Å². The molecule has 2 aromatic heterocycles. The van der Waals surface area contributed by atoms with Gasteiger partial charge in [-0.2, -0.15) is 0 Å². The fraction of sp³-hybridized carbons (Fsp3) is 0.222. The van der Waals surface area contributed by atoms with Gasteiger partial charge in [0, 0.05) is 45.8 Å². The molecule has 4 aromatic rings. The molecule has 0 unspecified atom stereocenters. The van der Waals surface area contributed by atoms with Crippen molar-refractivity contribution in [1.82, 2.24) is 19.9 Å². The van der Waals surface area contributed by atoms with Crippen LogP contribution in [0.1, 0.15) is 27.3 Å². The first-order valence-corrected chi connectivity index (χ1v) is 16.0.